The van der Waals surface area contributed by atoms with E-state index >= 15 is 0 Å². The topological polar surface area (TPSA) is 118 Å². The predicted octanol–water partition coefficient (Wildman–Crippen LogP) is 4.08. The Balaban J connectivity index is 1.25. The van der Waals surface area contributed by atoms with Gasteiger partial charge in [0.25, 0.3) is 0 Å². The standard InChI is InChI=1S/C28H35N5O5S/c1-20-8-10-21(11-9-20)27-30-26(38-31-27)19-32-14-6-7-22(18-32)28(34)29-24-17-23(12-13-25(24)37-2)39(35,36)33-15-4-3-5-16-33/h8-13,17,22H,3-7,14-16,18-19H2,1-2H3,(H,29,34). The van der Waals surface area contributed by atoms with E-state index in [9.17, 15) is 13.2 Å². The minimum Gasteiger partial charge on any atom is -0.495 e. The highest BCUT2D eigenvalue weighted by Gasteiger charge is 2.30. The summed E-state index contributed by atoms with van der Waals surface area (Å²) in [5, 5.41) is 7.05. The molecule has 208 valence electrons. The lowest BCUT2D eigenvalue weighted by Crippen LogP contribution is -2.40. The number of anilines is 1. The second-order valence-electron chi connectivity index (χ2n) is 10.3. The minimum absolute atomic E-state index is 0.159. The SMILES string of the molecule is COc1ccc(S(=O)(=O)N2CCCCC2)cc1NC(=O)C1CCCN(Cc2nc(-c3ccc(C)cc3)no2)C1. The molecule has 2 fully saturated rings. The van der Waals surface area contributed by atoms with Gasteiger partial charge in [-0.05, 0) is 57.4 Å². The Morgan fingerprint density at radius 2 is 1.85 bits per heavy atom. The van der Waals surface area contributed by atoms with Crippen LogP contribution < -0.4 is 10.1 Å². The van der Waals surface area contributed by atoms with Gasteiger partial charge < -0.3 is 14.6 Å². The average Bonchev–Trinajstić information content (AvgIpc) is 3.42. The number of likely N-dealkylation sites (tertiary alicyclic amines) is 1. The maximum absolute atomic E-state index is 13.3. The van der Waals surface area contributed by atoms with Crippen LogP contribution in [0.15, 0.2) is 51.9 Å². The number of ether oxygens (including phenoxy) is 1. The second kappa shape index (κ2) is 11.8. The van der Waals surface area contributed by atoms with Crippen molar-refractivity contribution in [3.63, 3.8) is 0 Å². The first kappa shape index (κ1) is 27.3. The van der Waals surface area contributed by atoms with Crippen LogP contribution in [0.5, 0.6) is 5.75 Å². The predicted molar refractivity (Wildman–Crippen MR) is 147 cm³/mol. The highest BCUT2D eigenvalue weighted by Crippen LogP contribution is 2.31. The number of piperidine rings is 2. The molecule has 0 spiro atoms. The summed E-state index contributed by atoms with van der Waals surface area (Å²) in [7, 11) is -2.14. The van der Waals surface area contributed by atoms with Gasteiger partial charge in [-0.25, -0.2) is 8.42 Å². The molecule has 11 heteroatoms. The molecule has 2 aromatic carbocycles. The lowest BCUT2D eigenvalue weighted by Gasteiger charge is -2.31. The number of sulfonamides is 1. The van der Waals surface area contributed by atoms with Crippen LogP contribution in [0.1, 0.15) is 43.6 Å². The first-order chi connectivity index (χ1) is 18.8. The molecule has 39 heavy (non-hydrogen) atoms. The highest BCUT2D eigenvalue weighted by atomic mass is 32.2. The third-order valence-corrected chi connectivity index (χ3v) is 9.29. The van der Waals surface area contributed by atoms with Gasteiger partial charge in [0.15, 0.2) is 0 Å². The fourth-order valence-corrected chi connectivity index (χ4v) is 6.72. The maximum atomic E-state index is 13.3. The van der Waals surface area contributed by atoms with Crippen LogP contribution in [-0.2, 0) is 21.4 Å². The van der Waals surface area contributed by atoms with E-state index < -0.39 is 10.0 Å². The van der Waals surface area contributed by atoms with Crippen molar-refractivity contribution < 1.29 is 22.5 Å². The molecular weight excluding hydrogens is 518 g/mol. The lowest BCUT2D eigenvalue weighted by molar-refractivity contribution is -0.121. The van der Waals surface area contributed by atoms with Gasteiger partial charge in [0.2, 0.25) is 27.6 Å². The number of hydrogen-bond acceptors (Lipinski definition) is 8. The number of carbonyl (C=O) groups is 1. The van der Waals surface area contributed by atoms with Crippen molar-refractivity contribution in [2.24, 2.45) is 5.92 Å². The van der Waals surface area contributed by atoms with Crippen LogP contribution >= 0.6 is 0 Å². The summed E-state index contributed by atoms with van der Waals surface area (Å²) in [6.07, 6.45) is 4.32. The Labute approximate surface area is 229 Å². The zero-order valence-electron chi connectivity index (χ0n) is 22.4. The molecule has 1 atom stereocenters. The van der Waals surface area contributed by atoms with Crippen LogP contribution in [0.25, 0.3) is 11.4 Å². The Bertz CT molecular complexity index is 1400. The number of amides is 1. The number of rotatable bonds is 8. The number of carbonyl (C=O) groups excluding carboxylic acids is 1. The molecule has 1 aromatic heterocycles. The van der Waals surface area contributed by atoms with Gasteiger partial charge in [-0.15, -0.1) is 0 Å². The second-order valence-corrected chi connectivity index (χ2v) is 12.2. The number of aryl methyl sites for hydroxylation is 1. The molecule has 0 aliphatic carbocycles. The fraction of sp³-hybridized carbons (Fsp3) is 0.464. The maximum Gasteiger partial charge on any atom is 0.243 e. The zero-order chi connectivity index (χ0) is 27.4. The largest absolute Gasteiger partial charge is 0.495 e. The Morgan fingerprint density at radius 1 is 1.08 bits per heavy atom. The molecule has 3 heterocycles. The summed E-state index contributed by atoms with van der Waals surface area (Å²) < 4.78 is 38.8. The molecule has 3 aromatic rings. The third-order valence-electron chi connectivity index (χ3n) is 7.39. The summed E-state index contributed by atoms with van der Waals surface area (Å²) in [6, 6.07) is 12.6. The van der Waals surface area contributed by atoms with Crippen molar-refractivity contribution >= 4 is 21.6 Å². The molecule has 0 bridgehead atoms. The van der Waals surface area contributed by atoms with Crippen LogP contribution in [0, 0.1) is 12.8 Å². The Kier molecular flexibility index (Phi) is 8.29. The monoisotopic (exact) mass is 553 g/mol. The van der Waals surface area contributed by atoms with Gasteiger partial charge in [0.1, 0.15) is 5.75 Å². The van der Waals surface area contributed by atoms with E-state index in [-0.39, 0.29) is 16.7 Å². The molecule has 1 N–H and O–H groups in total. The molecule has 0 radical (unpaired) electrons. The van der Waals surface area contributed by atoms with E-state index in [0.717, 1.165) is 49.8 Å². The van der Waals surface area contributed by atoms with Crippen LogP contribution in [0.4, 0.5) is 5.69 Å². The van der Waals surface area contributed by atoms with Gasteiger partial charge in [0, 0.05) is 25.2 Å². The van der Waals surface area contributed by atoms with E-state index in [4.69, 9.17) is 9.26 Å². The van der Waals surface area contributed by atoms with Gasteiger partial charge in [-0.1, -0.05) is 41.4 Å². The van der Waals surface area contributed by atoms with E-state index in [1.165, 1.54) is 23.5 Å². The number of benzene rings is 2. The summed E-state index contributed by atoms with van der Waals surface area (Å²) >= 11 is 0. The average molecular weight is 554 g/mol. The fourth-order valence-electron chi connectivity index (χ4n) is 5.18. The summed E-state index contributed by atoms with van der Waals surface area (Å²) in [6.45, 7) is 4.86. The van der Waals surface area contributed by atoms with Gasteiger partial charge in [-0.3, -0.25) is 9.69 Å². The van der Waals surface area contributed by atoms with E-state index in [0.29, 0.717) is 49.3 Å². The van der Waals surface area contributed by atoms with Crippen molar-refractivity contribution in [3.8, 4) is 17.1 Å². The van der Waals surface area contributed by atoms with Crippen molar-refractivity contribution in [3.05, 3.63) is 53.9 Å². The molecule has 2 saturated heterocycles. The highest BCUT2D eigenvalue weighted by molar-refractivity contribution is 7.89. The van der Waals surface area contributed by atoms with Gasteiger partial charge >= 0.3 is 0 Å². The van der Waals surface area contributed by atoms with Gasteiger partial charge in [0.05, 0.1) is 30.2 Å². The van der Waals surface area contributed by atoms with E-state index in [1.807, 2.05) is 31.2 Å². The first-order valence-corrected chi connectivity index (χ1v) is 14.9. The minimum atomic E-state index is -3.64. The Morgan fingerprint density at radius 3 is 2.59 bits per heavy atom. The van der Waals surface area contributed by atoms with Crippen LogP contribution in [0.3, 0.4) is 0 Å². The number of nitrogens with zero attached hydrogens (tertiary/aromatic N) is 4. The molecule has 2 aliphatic rings. The van der Waals surface area contributed by atoms with E-state index in [2.05, 4.69) is 20.4 Å². The van der Waals surface area contributed by atoms with Crippen molar-refractivity contribution in [2.75, 3.05) is 38.6 Å². The smallest absolute Gasteiger partial charge is 0.243 e. The molecule has 1 unspecified atom stereocenters. The zero-order valence-corrected chi connectivity index (χ0v) is 23.2. The molecule has 5 rings (SSSR count). The van der Waals surface area contributed by atoms with Crippen LogP contribution in [0.2, 0.25) is 0 Å². The number of hydrogen-bond donors (Lipinski definition) is 1. The number of aromatic nitrogens is 2. The normalized spacial score (nSPS) is 19.1. The van der Waals surface area contributed by atoms with Crippen LogP contribution in [-0.4, -0.2) is 67.0 Å². The van der Waals surface area contributed by atoms with Crippen molar-refractivity contribution in [2.45, 2.75) is 50.5 Å². The molecule has 2 aliphatic heterocycles. The van der Waals surface area contributed by atoms with Gasteiger partial charge in [-0.2, -0.15) is 9.29 Å². The molecular formula is C28H35N5O5S. The first-order valence-electron chi connectivity index (χ1n) is 13.4. The summed E-state index contributed by atoms with van der Waals surface area (Å²) in [5.41, 5.74) is 2.41. The lowest BCUT2D eigenvalue weighted by atomic mass is 9.97. The third kappa shape index (κ3) is 6.32. The Hall–Kier alpha value is -3.28. The summed E-state index contributed by atoms with van der Waals surface area (Å²) in [4.78, 5) is 20.1. The quantitative estimate of drug-likeness (QED) is 0.443. The molecule has 10 nitrogen and oxygen atoms in total. The number of methoxy groups -OCH3 is 1. The summed E-state index contributed by atoms with van der Waals surface area (Å²) in [5.74, 6) is 1.02. The van der Waals surface area contributed by atoms with E-state index in [1.54, 1.807) is 6.07 Å². The van der Waals surface area contributed by atoms with Crippen molar-refractivity contribution in [1.29, 1.82) is 0 Å². The number of nitrogens with one attached hydrogen (secondary N) is 1. The van der Waals surface area contributed by atoms with Crippen molar-refractivity contribution in [1.82, 2.24) is 19.3 Å². The molecule has 0 saturated carbocycles. The molecule has 1 amide bonds.